The normalized spacial score (nSPS) is 22.3. The van der Waals surface area contributed by atoms with Gasteiger partial charge in [-0.05, 0) is 56.5 Å². The number of piperidine rings is 1. The van der Waals surface area contributed by atoms with Gasteiger partial charge in [0, 0.05) is 16.9 Å². The summed E-state index contributed by atoms with van der Waals surface area (Å²) in [5.41, 5.74) is 0.325. The van der Waals surface area contributed by atoms with Crippen molar-refractivity contribution < 1.29 is 9.84 Å². The molecule has 0 aliphatic carbocycles. The molecule has 2 atom stereocenters. The molecule has 4 heteroatoms. The fourth-order valence-corrected chi connectivity index (χ4v) is 3.41. The van der Waals surface area contributed by atoms with E-state index in [1.807, 2.05) is 25.1 Å². The van der Waals surface area contributed by atoms with E-state index in [2.05, 4.69) is 21.2 Å². The second-order valence-electron chi connectivity index (χ2n) is 5.98. The summed E-state index contributed by atoms with van der Waals surface area (Å²) in [7, 11) is 1.67. The molecule has 0 aromatic heterocycles. The molecular formula is C16H24BrNO2. The quantitative estimate of drug-likeness (QED) is 0.863. The highest BCUT2D eigenvalue weighted by molar-refractivity contribution is 9.10. The Balaban J connectivity index is 2.04. The zero-order valence-corrected chi connectivity index (χ0v) is 13.9. The minimum Gasteiger partial charge on any atom is -0.496 e. The predicted octanol–water partition coefficient (Wildman–Crippen LogP) is 3.28. The molecule has 1 aromatic rings. The number of ether oxygens (including phenoxy) is 1. The van der Waals surface area contributed by atoms with Crippen molar-refractivity contribution in [3.63, 3.8) is 0 Å². The van der Waals surface area contributed by atoms with Crippen LogP contribution >= 0.6 is 15.9 Å². The third kappa shape index (κ3) is 4.47. The lowest BCUT2D eigenvalue weighted by molar-refractivity contribution is 0.0366. The minimum atomic E-state index is -0.719. The number of benzene rings is 1. The van der Waals surface area contributed by atoms with Crippen molar-refractivity contribution in [3.8, 4) is 5.75 Å². The molecule has 0 spiro atoms. The molecule has 2 rings (SSSR count). The highest BCUT2D eigenvalue weighted by Crippen LogP contribution is 2.29. The summed E-state index contributed by atoms with van der Waals surface area (Å²) >= 11 is 3.48. The summed E-state index contributed by atoms with van der Waals surface area (Å²) in [6.45, 7) is 2.99. The third-order valence-electron chi connectivity index (χ3n) is 3.91. The Kier molecular flexibility index (Phi) is 5.47. The summed E-state index contributed by atoms with van der Waals surface area (Å²) in [5, 5.41) is 14.2. The molecule has 0 saturated carbocycles. The first-order valence-electron chi connectivity index (χ1n) is 7.28. The van der Waals surface area contributed by atoms with Crippen molar-refractivity contribution in [1.82, 2.24) is 5.32 Å². The zero-order valence-electron chi connectivity index (χ0n) is 12.3. The van der Waals surface area contributed by atoms with Crippen LogP contribution in [0.2, 0.25) is 0 Å². The highest BCUT2D eigenvalue weighted by atomic mass is 79.9. The maximum atomic E-state index is 10.7. The smallest absolute Gasteiger partial charge is 0.122 e. The van der Waals surface area contributed by atoms with Crippen molar-refractivity contribution in [2.24, 2.45) is 0 Å². The van der Waals surface area contributed by atoms with Gasteiger partial charge in [-0.3, -0.25) is 0 Å². The van der Waals surface area contributed by atoms with Crippen LogP contribution in [0.25, 0.3) is 0 Å². The molecule has 3 nitrogen and oxygen atoms in total. The van der Waals surface area contributed by atoms with E-state index in [0.29, 0.717) is 12.5 Å². The highest BCUT2D eigenvalue weighted by Gasteiger charge is 2.27. The second kappa shape index (κ2) is 6.92. The maximum Gasteiger partial charge on any atom is 0.122 e. The van der Waals surface area contributed by atoms with E-state index in [1.54, 1.807) is 7.11 Å². The van der Waals surface area contributed by atoms with Gasteiger partial charge in [0.15, 0.2) is 0 Å². The van der Waals surface area contributed by atoms with Gasteiger partial charge in [-0.15, -0.1) is 0 Å². The van der Waals surface area contributed by atoms with Gasteiger partial charge in [-0.1, -0.05) is 22.4 Å². The van der Waals surface area contributed by atoms with Gasteiger partial charge in [-0.25, -0.2) is 0 Å². The van der Waals surface area contributed by atoms with Crippen LogP contribution in [0.4, 0.5) is 0 Å². The van der Waals surface area contributed by atoms with Crippen LogP contribution in [0.15, 0.2) is 22.7 Å². The molecule has 1 heterocycles. The lowest BCUT2D eigenvalue weighted by atomic mass is 9.87. The Morgan fingerprint density at radius 2 is 2.25 bits per heavy atom. The van der Waals surface area contributed by atoms with E-state index in [4.69, 9.17) is 4.74 Å². The van der Waals surface area contributed by atoms with Gasteiger partial charge in [0.25, 0.3) is 0 Å². The van der Waals surface area contributed by atoms with Crippen LogP contribution in [-0.4, -0.2) is 30.4 Å². The number of nitrogens with one attached hydrogen (secondary N) is 1. The number of methoxy groups -OCH3 is 1. The van der Waals surface area contributed by atoms with Crippen molar-refractivity contribution in [2.45, 2.75) is 50.7 Å². The van der Waals surface area contributed by atoms with Crippen LogP contribution in [0.5, 0.6) is 5.75 Å². The monoisotopic (exact) mass is 341 g/mol. The minimum absolute atomic E-state index is 0.428. The Morgan fingerprint density at radius 1 is 1.45 bits per heavy atom. The lowest BCUT2D eigenvalue weighted by Gasteiger charge is -2.32. The number of aliphatic hydroxyl groups is 1. The predicted molar refractivity (Wildman–Crippen MR) is 85.3 cm³/mol. The molecule has 2 N–H and O–H groups in total. The lowest BCUT2D eigenvalue weighted by Crippen LogP contribution is -2.41. The summed E-state index contributed by atoms with van der Waals surface area (Å²) in [4.78, 5) is 0. The first-order valence-corrected chi connectivity index (χ1v) is 8.08. The SMILES string of the molecule is COc1ccc(Br)cc1CC(C)(O)CC1CCCCN1. The van der Waals surface area contributed by atoms with Crippen molar-refractivity contribution in [2.75, 3.05) is 13.7 Å². The number of halogens is 1. The molecule has 1 aromatic carbocycles. The van der Waals surface area contributed by atoms with Gasteiger partial charge in [-0.2, -0.15) is 0 Å². The molecule has 1 aliphatic heterocycles. The molecule has 1 saturated heterocycles. The van der Waals surface area contributed by atoms with E-state index in [9.17, 15) is 5.11 Å². The summed E-state index contributed by atoms with van der Waals surface area (Å²) in [6, 6.07) is 6.35. The molecule has 2 unspecified atom stereocenters. The maximum absolute atomic E-state index is 10.7. The number of hydrogen-bond donors (Lipinski definition) is 2. The largest absolute Gasteiger partial charge is 0.496 e. The van der Waals surface area contributed by atoms with E-state index in [0.717, 1.165) is 35.2 Å². The topological polar surface area (TPSA) is 41.5 Å². The third-order valence-corrected chi connectivity index (χ3v) is 4.41. The van der Waals surface area contributed by atoms with Crippen LogP contribution < -0.4 is 10.1 Å². The van der Waals surface area contributed by atoms with Crippen molar-refractivity contribution >= 4 is 15.9 Å². The molecule has 1 aliphatic rings. The Hall–Kier alpha value is -0.580. The Labute approximate surface area is 129 Å². The molecule has 0 amide bonds. The van der Waals surface area contributed by atoms with Crippen LogP contribution in [0.3, 0.4) is 0 Å². The van der Waals surface area contributed by atoms with Crippen LogP contribution in [0, 0.1) is 0 Å². The van der Waals surface area contributed by atoms with E-state index in [-0.39, 0.29) is 0 Å². The van der Waals surface area contributed by atoms with Gasteiger partial charge < -0.3 is 15.2 Å². The molecule has 20 heavy (non-hydrogen) atoms. The second-order valence-corrected chi connectivity index (χ2v) is 6.90. The Morgan fingerprint density at radius 3 is 2.90 bits per heavy atom. The standard InChI is InChI=1S/C16H24BrNO2/c1-16(19,11-14-5-3-4-8-18-14)10-12-9-13(17)6-7-15(12)20-2/h6-7,9,14,18-19H,3-5,8,10-11H2,1-2H3. The first kappa shape index (κ1) is 15.8. The van der Waals surface area contributed by atoms with Crippen LogP contribution in [-0.2, 0) is 6.42 Å². The average Bonchev–Trinajstić information content (AvgIpc) is 2.39. The molecule has 0 bridgehead atoms. The zero-order chi connectivity index (χ0) is 14.6. The van der Waals surface area contributed by atoms with Crippen molar-refractivity contribution in [3.05, 3.63) is 28.2 Å². The number of rotatable bonds is 5. The summed E-state index contributed by atoms with van der Waals surface area (Å²) in [5.74, 6) is 0.838. The molecule has 1 fully saturated rings. The van der Waals surface area contributed by atoms with Crippen LogP contribution in [0.1, 0.15) is 38.2 Å². The van der Waals surface area contributed by atoms with E-state index in [1.165, 1.54) is 12.8 Å². The van der Waals surface area contributed by atoms with Crippen molar-refractivity contribution in [1.29, 1.82) is 0 Å². The average molecular weight is 342 g/mol. The fourth-order valence-electron chi connectivity index (χ4n) is 3.00. The van der Waals surface area contributed by atoms with Gasteiger partial charge in [0.05, 0.1) is 12.7 Å². The first-order chi connectivity index (χ1) is 9.50. The van der Waals surface area contributed by atoms with Gasteiger partial charge in [0.1, 0.15) is 5.75 Å². The fraction of sp³-hybridized carbons (Fsp3) is 0.625. The Bertz CT molecular complexity index is 442. The molecular weight excluding hydrogens is 318 g/mol. The van der Waals surface area contributed by atoms with Gasteiger partial charge in [0.2, 0.25) is 0 Å². The summed E-state index contributed by atoms with van der Waals surface area (Å²) < 4.78 is 6.40. The molecule has 112 valence electrons. The summed E-state index contributed by atoms with van der Waals surface area (Å²) in [6.07, 6.45) is 5.05. The van der Waals surface area contributed by atoms with E-state index < -0.39 is 5.60 Å². The number of hydrogen-bond acceptors (Lipinski definition) is 3. The molecule has 0 radical (unpaired) electrons. The van der Waals surface area contributed by atoms with E-state index >= 15 is 0 Å². The van der Waals surface area contributed by atoms with Gasteiger partial charge >= 0.3 is 0 Å².